The Kier molecular flexibility index (Phi) is 12.1. The van der Waals surface area contributed by atoms with Gasteiger partial charge in [0.1, 0.15) is 6.04 Å². The van der Waals surface area contributed by atoms with Gasteiger partial charge in [0.2, 0.25) is 23.6 Å². The maximum Gasteiger partial charge on any atom is 0.326 e. The number of hydrogen-bond acceptors (Lipinski definition) is 7. The third-order valence-electron chi connectivity index (χ3n) is 3.49. The summed E-state index contributed by atoms with van der Waals surface area (Å²) in [6.45, 7) is -0.725. The van der Waals surface area contributed by atoms with Crippen molar-refractivity contribution in [3.8, 4) is 0 Å². The van der Waals surface area contributed by atoms with Gasteiger partial charge >= 0.3 is 5.97 Å². The molecule has 0 radical (unpaired) electrons. The fourth-order valence-electron chi connectivity index (χ4n) is 1.98. The summed E-state index contributed by atoms with van der Waals surface area (Å²) in [5.74, 6) is -4.03. The molecule has 2 atom stereocenters. The number of nitrogens with one attached hydrogen (secondary N) is 3. The topological polar surface area (TPSA) is 258 Å². The van der Waals surface area contributed by atoms with Gasteiger partial charge < -0.3 is 44.0 Å². The molecule has 0 heterocycles. The number of hydrogen-bond donors (Lipinski definition) is 8. The van der Waals surface area contributed by atoms with E-state index in [1.807, 2.05) is 0 Å². The number of nitrogens with two attached hydrogens (primary N) is 4. The average molecular weight is 416 g/mol. The van der Waals surface area contributed by atoms with Gasteiger partial charge in [-0.25, -0.2) is 4.79 Å². The Morgan fingerprint density at radius 3 is 2.10 bits per heavy atom. The molecule has 0 aromatic carbocycles. The van der Waals surface area contributed by atoms with Crippen molar-refractivity contribution in [1.29, 1.82) is 0 Å². The first-order valence-electron chi connectivity index (χ1n) is 8.68. The smallest absolute Gasteiger partial charge is 0.326 e. The predicted molar refractivity (Wildman–Crippen MR) is 102 cm³/mol. The van der Waals surface area contributed by atoms with Crippen LogP contribution in [0.15, 0.2) is 4.99 Å². The van der Waals surface area contributed by atoms with Crippen molar-refractivity contribution < 1.29 is 29.1 Å². The number of rotatable bonds is 14. The molecule has 14 heteroatoms. The lowest BCUT2D eigenvalue weighted by Gasteiger charge is -2.15. The molecule has 0 aromatic rings. The molecule has 0 fully saturated rings. The SMILES string of the molecule is NC(=O)CCC(N)C(=O)NCC(=O)NCC(=O)NC(CCCN=C(N)N)C(=O)O. The van der Waals surface area contributed by atoms with E-state index in [0.29, 0.717) is 6.42 Å². The Morgan fingerprint density at radius 2 is 1.55 bits per heavy atom. The lowest BCUT2D eigenvalue weighted by atomic mass is 10.1. The summed E-state index contributed by atoms with van der Waals surface area (Å²) in [4.78, 5) is 60.6. The minimum Gasteiger partial charge on any atom is -0.480 e. The third kappa shape index (κ3) is 13.4. The fraction of sp³-hybridized carbons (Fsp3) is 0.600. The molecule has 0 aliphatic rings. The van der Waals surface area contributed by atoms with E-state index in [4.69, 9.17) is 28.0 Å². The molecule has 4 amide bonds. The van der Waals surface area contributed by atoms with E-state index in [-0.39, 0.29) is 31.8 Å². The molecular weight excluding hydrogens is 388 g/mol. The second-order valence-corrected chi connectivity index (χ2v) is 6.01. The van der Waals surface area contributed by atoms with Crippen molar-refractivity contribution in [2.24, 2.45) is 27.9 Å². The highest BCUT2D eigenvalue weighted by molar-refractivity contribution is 5.90. The minimum absolute atomic E-state index is 0.0327. The summed E-state index contributed by atoms with van der Waals surface area (Å²) in [6, 6.07) is -2.18. The molecule has 12 N–H and O–H groups in total. The highest BCUT2D eigenvalue weighted by Crippen LogP contribution is 1.98. The van der Waals surface area contributed by atoms with Crippen LogP contribution >= 0.6 is 0 Å². The van der Waals surface area contributed by atoms with E-state index in [0.717, 1.165) is 0 Å². The molecule has 0 aromatic heterocycles. The van der Waals surface area contributed by atoms with Crippen molar-refractivity contribution in [2.75, 3.05) is 19.6 Å². The van der Waals surface area contributed by atoms with Gasteiger partial charge in [-0.15, -0.1) is 0 Å². The summed E-state index contributed by atoms with van der Waals surface area (Å²) in [6.07, 6.45) is 0.372. The molecule has 0 saturated heterocycles. The number of carbonyl (C=O) groups excluding carboxylic acids is 4. The van der Waals surface area contributed by atoms with Crippen LogP contribution in [-0.2, 0) is 24.0 Å². The zero-order chi connectivity index (χ0) is 22.4. The summed E-state index contributed by atoms with van der Waals surface area (Å²) in [5.41, 5.74) is 20.8. The summed E-state index contributed by atoms with van der Waals surface area (Å²) >= 11 is 0. The number of carboxylic acids is 1. The van der Waals surface area contributed by atoms with Crippen LogP contribution in [0, 0.1) is 0 Å². The lowest BCUT2D eigenvalue weighted by molar-refractivity contribution is -0.142. The quantitative estimate of drug-likeness (QED) is 0.0768. The van der Waals surface area contributed by atoms with Gasteiger partial charge in [0, 0.05) is 13.0 Å². The Labute approximate surface area is 166 Å². The summed E-state index contributed by atoms with van der Waals surface area (Å²) in [7, 11) is 0. The first kappa shape index (κ1) is 25.6. The van der Waals surface area contributed by atoms with E-state index in [9.17, 15) is 24.0 Å². The van der Waals surface area contributed by atoms with Crippen molar-refractivity contribution in [3.05, 3.63) is 0 Å². The van der Waals surface area contributed by atoms with E-state index in [2.05, 4.69) is 20.9 Å². The Morgan fingerprint density at radius 1 is 0.931 bits per heavy atom. The Balaban J connectivity index is 4.21. The van der Waals surface area contributed by atoms with Crippen molar-refractivity contribution in [2.45, 2.75) is 37.8 Å². The number of aliphatic carboxylic acids is 1. The van der Waals surface area contributed by atoms with Crippen LogP contribution in [0.1, 0.15) is 25.7 Å². The van der Waals surface area contributed by atoms with Crippen LogP contribution in [0.4, 0.5) is 0 Å². The lowest BCUT2D eigenvalue weighted by Crippen LogP contribution is -2.48. The standard InChI is InChI=1S/C15H28N8O6/c16-8(3-4-10(17)24)13(27)22-6-11(25)21-7-12(26)23-9(14(28)29)2-1-5-20-15(18)19/h8-9H,1-7,16H2,(H2,17,24)(H,21,25)(H,22,27)(H,23,26)(H,28,29)(H4,18,19,20). The number of amides is 4. The molecule has 0 spiro atoms. The number of aliphatic imine (C=N–C) groups is 1. The van der Waals surface area contributed by atoms with Gasteiger partial charge in [-0.05, 0) is 19.3 Å². The second kappa shape index (κ2) is 13.7. The van der Waals surface area contributed by atoms with Gasteiger partial charge in [0.25, 0.3) is 0 Å². The molecule has 0 rings (SSSR count). The van der Waals surface area contributed by atoms with Crippen LogP contribution in [0.25, 0.3) is 0 Å². The molecule has 0 aliphatic heterocycles. The minimum atomic E-state index is -1.24. The molecular formula is C15H28N8O6. The summed E-state index contributed by atoms with van der Waals surface area (Å²) in [5, 5.41) is 15.8. The van der Waals surface area contributed by atoms with Crippen LogP contribution in [0.2, 0.25) is 0 Å². The molecule has 14 nitrogen and oxygen atoms in total. The summed E-state index contributed by atoms with van der Waals surface area (Å²) < 4.78 is 0. The van der Waals surface area contributed by atoms with E-state index < -0.39 is 54.8 Å². The highest BCUT2D eigenvalue weighted by Gasteiger charge is 2.20. The maximum absolute atomic E-state index is 11.8. The zero-order valence-electron chi connectivity index (χ0n) is 15.8. The van der Waals surface area contributed by atoms with Crippen LogP contribution in [0.5, 0.6) is 0 Å². The van der Waals surface area contributed by atoms with Crippen LogP contribution in [-0.4, -0.2) is 72.4 Å². The molecule has 2 unspecified atom stereocenters. The fourth-order valence-corrected chi connectivity index (χ4v) is 1.98. The normalized spacial score (nSPS) is 12.2. The largest absolute Gasteiger partial charge is 0.480 e. The third-order valence-corrected chi connectivity index (χ3v) is 3.49. The average Bonchev–Trinajstić information content (AvgIpc) is 2.64. The maximum atomic E-state index is 11.8. The zero-order valence-corrected chi connectivity index (χ0v) is 15.8. The Hall–Kier alpha value is -3.42. The Bertz CT molecular complexity index is 634. The van der Waals surface area contributed by atoms with Gasteiger partial charge in [0.15, 0.2) is 5.96 Å². The van der Waals surface area contributed by atoms with E-state index in [1.54, 1.807) is 0 Å². The number of carbonyl (C=O) groups is 5. The van der Waals surface area contributed by atoms with Crippen molar-refractivity contribution >= 4 is 35.6 Å². The van der Waals surface area contributed by atoms with E-state index >= 15 is 0 Å². The number of primary amides is 1. The number of carboxylic acid groups (broad SMARTS) is 1. The van der Waals surface area contributed by atoms with Crippen molar-refractivity contribution in [3.63, 3.8) is 0 Å². The number of nitrogens with zero attached hydrogens (tertiary/aromatic N) is 1. The van der Waals surface area contributed by atoms with Crippen LogP contribution in [0.3, 0.4) is 0 Å². The number of guanidine groups is 1. The van der Waals surface area contributed by atoms with Gasteiger partial charge in [0.05, 0.1) is 19.1 Å². The monoisotopic (exact) mass is 416 g/mol. The second-order valence-electron chi connectivity index (χ2n) is 6.01. The van der Waals surface area contributed by atoms with Crippen molar-refractivity contribution in [1.82, 2.24) is 16.0 Å². The predicted octanol–water partition coefficient (Wildman–Crippen LogP) is -4.57. The van der Waals surface area contributed by atoms with Gasteiger partial charge in [-0.3, -0.25) is 24.2 Å². The molecule has 29 heavy (non-hydrogen) atoms. The molecule has 0 saturated carbocycles. The molecule has 0 bridgehead atoms. The van der Waals surface area contributed by atoms with Gasteiger partial charge in [-0.2, -0.15) is 0 Å². The molecule has 0 aliphatic carbocycles. The van der Waals surface area contributed by atoms with Crippen LogP contribution < -0.4 is 38.9 Å². The molecule has 164 valence electrons. The first-order valence-corrected chi connectivity index (χ1v) is 8.68. The highest BCUT2D eigenvalue weighted by atomic mass is 16.4. The van der Waals surface area contributed by atoms with E-state index in [1.165, 1.54) is 0 Å². The first-order chi connectivity index (χ1) is 13.5. The van der Waals surface area contributed by atoms with Gasteiger partial charge in [-0.1, -0.05) is 0 Å².